The Balaban J connectivity index is 1.96. The molecule has 3 rings (SSSR count). The summed E-state index contributed by atoms with van der Waals surface area (Å²) in [6, 6.07) is 10.6. The summed E-state index contributed by atoms with van der Waals surface area (Å²) in [5.41, 5.74) is 1.73. The average molecular weight is 254 g/mol. The maximum atomic E-state index is 11.8. The van der Waals surface area contributed by atoms with Crippen LogP contribution in [0, 0.1) is 11.3 Å². The predicted octanol–water partition coefficient (Wildman–Crippen LogP) is 3.15. The quantitative estimate of drug-likeness (QED) is 0.813. The molecule has 0 atom stereocenters. The summed E-state index contributed by atoms with van der Waals surface area (Å²) < 4.78 is 0. The van der Waals surface area contributed by atoms with Gasteiger partial charge >= 0.3 is 0 Å². The minimum atomic E-state index is -0.321. The van der Waals surface area contributed by atoms with E-state index in [1.54, 1.807) is 0 Å². The van der Waals surface area contributed by atoms with Crippen LogP contribution in [0.25, 0.3) is 0 Å². The highest BCUT2D eigenvalue weighted by Gasteiger charge is 2.36. The Morgan fingerprint density at radius 1 is 1.21 bits per heavy atom. The van der Waals surface area contributed by atoms with Crippen molar-refractivity contribution in [1.82, 2.24) is 0 Å². The summed E-state index contributed by atoms with van der Waals surface area (Å²) in [5, 5.41) is 9.55. The average Bonchev–Trinajstić information content (AvgIpc) is 3.08. The first-order chi connectivity index (χ1) is 9.25. The van der Waals surface area contributed by atoms with E-state index in [2.05, 4.69) is 12.1 Å². The zero-order chi connectivity index (χ0) is 13.3. The lowest BCUT2D eigenvalue weighted by Gasteiger charge is -2.23. The fourth-order valence-electron chi connectivity index (χ4n) is 3.34. The Morgan fingerprint density at radius 2 is 2.00 bits per heavy atom. The summed E-state index contributed by atoms with van der Waals surface area (Å²) in [6.45, 7) is 0.807. The van der Waals surface area contributed by atoms with Crippen LogP contribution in [0.15, 0.2) is 24.3 Å². The Hall–Kier alpha value is -1.82. The largest absolute Gasteiger partial charge is 0.312 e. The molecule has 2 aliphatic rings. The molecule has 1 aromatic rings. The van der Waals surface area contributed by atoms with Gasteiger partial charge in [0.25, 0.3) is 0 Å². The van der Waals surface area contributed by atoms with E-state index in [1.165, 1.54) is 0 Å². The van der Waals surface area contributed by atoms with Crippen LogP contribution in [0.4, 0.5) is 5.69 Å². The van der Waals surface area contributed by atoms with E-state index in [4.69, 9.17) is 0 Å². The molecule has 3 nitrogen and oxygen atoms in total. The van der Waals surface area contributed by atoms with Crippen LogP contribution in [0.3, 0.4) is 0 Å². The summed E-state index contributed by atoms with van der Waals surface area (Å²) in [6.07, 6.45) is 5.72. The maximum absolute atomic E-state index is 11.8. The number of nitrogens with zero attached hydrogens (tertiary/aromatic N) is 2. The third-order valence-electron chi connectivity index (χ3n) is 4.45. The highest BCUT2D eigenvalue weighted by Crippen LogP contribution is 2.41. The number of hydrogen-bond donors (Lipinski definition) is 0. The van der Waals surface area contributed by atoms with E-state index < -0.39 is 0 Å². The second-order valence-corrected chi connectivity index (χ2v) is 5.60. The van der Waals surface area contributed by atoms with Gasteiger partial charge in [0.05, 0.1) is 11.5 Å². The van der Waals surface area contributed by atoms with Crippen molar-refractivity contribution in [3.8, 4) is 6.07 Å². The molecular weight excluding hydrogens is 236 g/mol. The first kappa shape index (κ1) is 12.2. The Morgan fingerprint density at radius 3 is 2.63 bits per heavy atom. The standard InChI is InChI=1S/C16H18N2O/c17-12-16(8-1-2-9-16)13-5-3-6-14(11-13)18-10-4-7-15(18)19/h3,5-6,11H,1-2,4,7-10H2. The van der Waals surface area contributed by atoms with Gasteiger partial charge in [0.15, 0.2) is 0 Å². The van der Waals surface area contributed by atoms with Gasteiger partial charge in [-0.3, -0.25) is 4.79 Å². The van der Waals surface area contributed by atoms with Crippen molar-refractivity contribution in [3.05, 3.63) is 29.8 Å². The van der Waals surface area contributed by atoms with Crippen LogP contribution in [-0.4, -0.2) is 12.5 Å². The molecule has 1 aliphatic heterocycles. The van der Waals surface area contributed by atoms with Gasteiger partial charge < -0.3 is 4.90 Å². The molecule has 0 unspecified atom stereocenters. The van der Waals surface area contributed by atoms with Crippen LogP contribution in [0.1, 0.15) is 44.1 Å². The lowest BCUT2D eigenvalue weighted by atomic mass is 9.80. The van der Waals surface area contributed by atoms with Crippen LogP contribution >= 0.6 is 0 Å². The Kier molecular flexibility index (Phi) is 3.02. The van der Waals surface area contributed by atoms with E-state index in [9.17, 15) is 10.1 Å². The van der Waals surface area contributed by atoms with Crippen molar-refractivity contribution in [2.24, 2.45) is 0 Å². The lowest BCUT2D eigenvalue weighted by Crippen LogP contribution is -2.25. The van der Waals surface area contributed by atoms with Crippen LogP contribution < -0.4 is 4.90 Å². The van der Waals surface area contributed by atoms with Crippen molar-refractivity contribution in [1.29, 1.82) is 5.26 Å². The molecule has 0 N–H and O–H groups in total. The zero-order valence-corrected chi connectivity index (χ0v) is 11.1. The van der Waals surface area contributed by atoms with E-state index in [-0.39, 0.29) is 11.3 Å². The molecule has 19 heavy (non-hydrogen) atoms. The number of nitriles is 1. The molecule has 0 spiro atoms. The van der Waals surface area contributed by atoms with Gasteiger partial charge in [-0.25, -0.2) is 0 Å². The Bertz CT molecular complexity index is 538. The van der Waals surface area contributed by atoms with Crippen molar-refractivity contribution in [2.45, 2.75) is 43.9 Å². The molecule has 1 heterocycles. The molecule has 1 amide bonds. The van der Waals surface area contributed by atoms with Gasteiger partial charge in [0, 0.05) is 18.7 Å². The van der Waals surface area contributed by atoms with Gasteiger partial charge in [0.2, 0.25) is 5.91 Å². The van der Waals surface area contributed by atoms with Crippen LogP contribution in [0.5, 0.6) is 0 Å². The van der Waals surface area contributed by atoms with Crippen LogP contribution in [0.2, 0.25) is 0 Å². The first-order valence-corrected chi connectivity index (χ1v) is 7.07. The second kappa shape index (κ2) is 4.70. The molecule has 0 radical (unpaired) electrons. The van der Waals surface area contributed by atoms with E-state index in [0.29, 0.717) is 6.42 Å². The Labute approximate surface area is 113 Å². The third-order valence-corrected chi connectivity index (χ3v) is 4.45. The predicted molar refractivity (Wildman–Crippen MR) is 73.8 cm³/mol. The van der Waals surface area contributed by atoms with Crippen molar-refractivity contribution in [2.75, 3.05) is 11.4 Å². The highest BCUT2D eigenvalue weighted by molar-refractivity contribution is 5.95. The molecule has 0 aromatic heterocycles. The summed E-state index contributed by atoms with van der Waals surface area (Å²) in [5.74, 6) is 0.203. The molecule has 1 saturated carbocycles. The SMILES string of the molecule is N#CC1(c2cccc(N3CCCC3=O)c2)CCCC1. The summed E-state index contributed by atoms with van der Waals surface area (Å²) in [7, 11) is 0. The minimum absolute atomic E-state index is 0.203. The molecular formula is C16H18N2O. The minimum Gasteiger partial charge on any atom is -0.312 e. The second-order valence-electron chi connectivity index (χ2n) is 5.60. The molecule has 2 fully saturated rings. The number of benzene rings is 1. The summed E-state index contributed by atoms with van der Waals surface area (Å²) in [4.78, 5) is 13.7. The maximum Gasteiger partial charge on any atom is 0.227 e. The summed E-state index contributed by atoms with van der Waals surface area (Å²) >= 11 is 0. The van der Waals surface area contributed by atoms with Gasteiger partial charge in [-0.1, -0.05) is 25.0 Å². The number of carbonyl (C=O) groups excluding carboxylic acids is 1. The molecule has 1 aromatic carbocycles. The number of anilines is 1. The molecule has 1 saturated heterocycles. The molecule has 3 heteroatoms. The van der Waals surface area contributed by atoms with E-state index >= 15 is 0 Å². The van der Waals surface area contributed by atoms with Gasteiger partial charge in [0.1, 0.15) is 0 Å². The van der Waals surface area contributed by atoms with Crippen LogP contribution in [-0.2, 0) is 10.2 Å². The van der Waals surface area contributed by atoms with E-state index in [0.717, 1.165) is 49.9 Å². The molecule has 1 aliphatic carbocycles. The highest BCUT2D eigenvalue weighted by atomic mass is 16.2. The van der Waals surface area contributed by atoms with Gasteiger partial charge in [-0.2, -0.15) is 5.26 Å². The zero-order valence-electron chi connectivity index (χ0n) is 11.1. The number of amides is 1. The number of hydrogen-bond acceptors (Lipinski definition) is 2. The first-order valence-electron chi connectivity index (χ1n) is 7.07. The van der Waals surface area contributed by atoms with Crippen molar-refractivity contribution >= 4 is 11.6 Å². The normalized spacial score (nSPS) is 21.6. The molecule has 0 bridgehead atoms. The fraction of sp³-hybridized carbons (Fsp3) is 0.500. The third kappa shape index (κ3) is 2.02. The topological polar surface area (TPSA) is 44.1 Å². The van der Waals surface area contributed by atoms with Gasteiger partial charge in [-0.15, -0.1) is 0 Å². The van der Waals surface area contributed by atoms with Gasteiger partial charge in [-0.05, 0) is 37.0 Å². The fourth-order valence-corrected chi connectivity index (χ4v) is 3.34. The van der Waals surface area contributed by atoms with E-state index in [1.807, 2.05) is 23.1 Å². The number of rotatable bonds is 2. The molecule has 98 valence electrons. The smallest absolute Gasteiger partial charge is 0.227 e. The van der Waals surface area contributed by atoms with Crippen molar-refractivity contribution < 1.29 is 4.79 Å². The lowest BCUT2D eigenvalue weighted by molar-refractivity contribution is -0.117. The van der Waals surface area contributed by atoms with Crippen molar-refractivity contribution in [3.63, 3.8) is 0 Å². The monoisotopic (exact) mass is 254 g/mol. The number of carbonyl (C=O) groups is 1.